The third-order valence-electron chi connectivity index (χ3n) is 8.44. The van der Waals surface area contributed by atoms with E-state index in [0.717, 1.165) is 54.3 Å². The minimum atomic E-state index is -1.30. The smallest absolute Gasteiger partial charge is 0.291 e. The number of carbonyl (C=O) groups excluding carboxylic acids is 3. The largest absolute Gasteiger partial charge is 0.451 e. The summed E-state index contributed by atoms with van der Waals surface area (Å²) in [7, 11) is 0. The fraction of sp³-hybridized carbons (Fsp3) is 0.433. The van der Waals surface area contributed by atoms with Crippen molar-refractivity contribution in [3.05, 3.63) is 64.9 Å². The molecule has 1 aliphatic heterocycles. The van der Waals surface area contributed by atoms with Crippen LogP contribution in [0.2, 0.25) is 0 Å². The van der Waals surface area contributed by atoms with Gasteiger partial charge in [-0.1, -0.05) is 18.2 Å². The van der Waals surface area contributed by atoms with E-state index >= 15 is 0 Å². The average molecular weight is 515 g/mol. The van der Waals surface area contributed by atoms with Gasteiger partial charge in [-0.3, -0.25) is 14.4 Å². The van der Waals surface area contributed by atoms with E-state index in [4.69, 9.17) is 4.42 Å². The molecular formula is C30H34N4O4. The van der Waals surface area contributed by atoms with Crippen LogP contribution in [0.5, 0.6) is 0 Å². The number of fused-ring (bicyclic) bond motifs is 2. The lowest BCUT2D eigenvalue weighted by Gasteiger charge is -2.40. The molecule has 3 N–H and O–H groups in total. The summed E-state index contributed by atoms with van der Waals surface area (Å²) in [6.45, 7) is 6.66. The maximum atomic E-state index is 14.0. The van der Waals surface area contributed by atoms with Crippen LogP contribution in [-0.2, 0) is 11.3 Å². The number of amides is 3. The molecule has 2 saturated carbocycles. The van der Waals surface area contributed by atoms with Crippen molar-refractivity contribution in [2.75, 3.05) is 11.9 Å². The molecule has 1 aromatic heterocycles. The fourth-order valence-corrected chi connectivity index (χ4v) is 5.52. The molecule has 0 spiro atoms. The molecule has 8 heteroatoms. The Morgan fingerprint density at radius 1 is 1.13 bits per heavy atom. The summed E-state index contributed by atoms with van der Waals surface area (Å²) in [5.41, 5.74) is 2.42. The van der Waals surface area contributed by atoms with Crippen LogP contribution >= 0.6 is 0 Å². The lowest BCUT2D eigenvalue weighted by Crippen LogP contribution is -2.63. The highest BCUT2D eigenvalue weighted by molar-refractivity contribution is 6.03. The predicted molar refractivity (Wildman–Crippen MR) is 145 cm³/mol. The standard InChI is InChI=1S/C30H34N4O4/c1-18-6-4-7-23-22(18)16-31-28(37)30(3,32-23)34(17-19-8-9-19)27(36)25-14-20-10-11-21(15-24(20)38-25)26(35)33-29(2)12-5-13-29/h4,6-7,10-11,14-15,19,32H,5,8-9,12-13,16-17H2,1-3H3,(H,31,37)(H,33,35). The Kier molecular flexibility index (Phi) is 5.74. The number of rotatable bonds is 6. The van der Waals surface area contributed by atoms with E-state index in [-0.39, 0.29) is 29.0 Å². The second kappa shape index (κ2) is 8.89. The number of furan rings is 1. The van der Waals surface area contributed by atoms with Crippen molar-refractivity contribution in [1.29, 1.82) is 0 Å². The van der Waals surface area contributed by atoms with Crippen LogP contribution in [0.1, 0.15) is 78.0 Å². The van der Waals surface area contributed by atoms with Gasteiger partial charge in [0.05, 0.1) is 0 Å². The molecule has 2 aliphatic carbocycles. The Bertz CT molecular complexity index is 1450. The summed E-state index contributed by atoms with van der Waals surface area (Å²) in [6, 6.07) is 12.8. The van der Waals surface area contributed by atoms with Gasteiger partial charge < -0.3 is 25.3 Å². The molecule has 3 aromatic rings. The van der Waals surface area contributed by atoms with Crippen molar-refractivity contribution in [3.8, 4) is 0 Å². The van der Waals surface area contributed by atoms with Crippen LogP contribution in [-0.4, -0.2) is 40.4 Å². The zero-order valence-electron chi connectivity index (χ0n) is 22.1. The van der Waals surface area contributed by atoms with Gasteiger partial charge in [-0.2, -0.15) is 0 Å². The molecular weight excluding hydrogens is 480 g/mol. The van der Waals surface area contributed by atoms with Crippen molar-refractivity contribution < 1.29 is 18.8 Å². The molecule has 2 aromatic carbocycles. The van der Waals surface area contributed by atoms with Crippen LogP contribution < -0.4 is 16.0 Å². The molecule has 0 bridgehead atoms. The molecule has 3 amide bonds. The van der Waals surface area contributed by atoms with E-state index in [1.165, 1.54) is 0 Å². The van der Waals surface area contributed by atoms with Gasteiger partial charge in [-0.05, 0) is 94.2 Å². The zero-order valence-corrected chi connectivity index (χ0v) is 22.1. The fourth-order valence-electron chi connectivity index (χ4n) is 5.52. The van der Waals surface area contributed by atoms with Crippen molar-refractivity contribution >= 4 is 34.4 Å². The van der Waals surface area contributed by atoms with Gasteiger partial charge in [0.25, 0.3) is 17.7 Å². The summed E-state index contributed by atoms with van der Waals surface area (Å²) in [5.74, 6) is -0.273. The van der Waals surface area contributed by atoms with Gasteiger partial charge in [0, 0.05) is 35.3 Å². The lowest BCUT2D eigenvalue weighted by molar-refractivity contribution is -0.129. The molecule has 0 radical (unpaired) electrons. The van der Waals surface area contributed by atoms with Gasteiger partial charge in [0.2, 0.25) is 0 Å². The van der Waals surface area contributed by atoms with E-state index < -0.39 is 5.66 Å². The first-order chi connectivity index (χ1) is 18.1. The summed E-state index contributed by atoms with van der Waals surface area (Å²) in [5, 5.41) is 10.3. The Hall–Kier alpha value is -3.81. The molecule has 2 fully saturated rings. The van der Waals surface area contributed by atoms with Gasteiger partial charge >= 0.3 is 0 Å². The van der Waals surface area contributed by atoms with Crippen LogP contribution in [0.3, 0.4) is 0 Å². The highest BCUT2D eigenvalue weighted by Crippen LogP contribution is 2.36. The molecule has 198 valence electrons. The topological polar surface area (TPSA) is 104 Å². The van der Waals surface area contributed by atoms with E-state index in [0.29, 0.717) is 30.2 Å². The Morgan fingerprint density at radius 3 is 2.63 bits per heavy atom. The van der Waals surface area contributed by atoms with E-state index in [1.54, 1.807) is 36.1 Å². The minimum absolute atomic E-state index is 0.144. The molecule has 6 rings (SSSR count). The Morgan fingerprint density at radius 2 is 1.92 bits per heavy atom. The maximum Gasteiger partial charge on any atom is 0.291 e. The van der Waals surface area contributed by atoms with Gasteiger partial charge in [0.1, 0.15) is 5.58 Å². The monoisotopic (exact) mass is 514 g/mol. The van der Waals surface area contributed by atoms with Crippen molar-refractivity contribution in [2.45, 2.75) is 70.6 Å². The highest BCUT2D eigenvalue weighted by Gasteiger charge is 2.47. The first-order valence-electron chi connectivity index (χ1n) is 13.5. The average Bonchev–Trinajstić information content (AvgIpc) is 3.62. The zero-order chi connectivity index (χ0) is 26.7. The van der Waals surface area contributed by atoms with Crippen LogP contribution in [0, 0.1) is 12.8 Å². The Balaban J connectivity index is 1.32. The van der Waals surface area contributed by atoms with Crippen LogP contribution in [0.4, 0.5) is 5.69 Å². The second-order valence-corrected chi connectivity index (χ2v) is 11.6. The molecule has 0 saturated heterocycles. The normalized spacial score (nSPS) is 21.9. The van der Waals surface area contributed by atoms with Gasteiger partial charge in [-0.15, -0.1) is 0 Å². The molecule has 2 heterocycles. The predicted octanol–water partition coefficient (Wildman–Crippen LogP) is 4.72. The Labute approximate surface area is 222 Å². The first kappa shape index (κ1) is 24.5. The van der Waals surface area contributed by atoms with Crippen molar-refractivity contribution in [1.82, 2.24) is 15.5 Å². The summed E-state index contributed by atoms with van der Waals surface area (Å²) in [6.07, 6.45) is 5.11. The van der Waals surface area contributed by atoms with Crippen LogP contribution in [0.15, 0.2) is 46.9 Å². The van der Waals surface area contributed by atoms with Gasteiger partial charge in [0.15, 0.2) is 11.4 Å². The number of hydrogen-bond donors (Lipinski definition) is 3. The number of nitrogens with one attached hydrogen (secondary N) is 3. The summed E-state index contributed by atoms with van der Waals surface area (Å²) >= 11 is 0. The number of aryl methyl sites for hydroxylation is 1. The molecule has 1 unspecified atom stereocenters. The first-order valence-corrected chi connectivity index (χ1v) is 13.5. The summed E-state index contributed by atoms with van der Waals surface area (Å²) in [4.78, 5) is 41.9. The van der Waals surface area contributed by atoms with E-state index in [1.807, 2.05) is 25.1 Å². The van der Waals surface area contributed by atoms with E-state index in [2.05, 4.69) is 22.9 Å². The number of benzene rings is 2. The van der Waals surface area contributed by atoms with Crippen molar-refractivity contribution in [2.24, 2.45) is 5.92 Å². The highest BCUT2D eigenvalue weighted by atomic mass is 16.3. The molecule has 8 nitrogen and oxygen atoms in total. The SMILES string of the molecule is Cc1cccc2c1CNC(=O)C(C)(N(CC1CC1)C(=O)c1cc3ccc(C(=O)NC4(C)CCC4)cc3o1)N2. The molecule has 3 aliphatic rings. The lowest BCUT2D eigenvalue weighted by atomic mass is 9.78. The molecule has 38 heavy (non-hydrogen) atoms. The molecule has 1 atom stereocenters. The van der Waals surface area contributed by atoms with Crippen molar-refractivity contribution in [3.63, 3.8) is 0 Å². The number of anilines is 1. The van der Waals surface area contributed by atoms with Gasteiger partial charge in [-0.25, -0.2) is 0 Å². The van der Waals surface area contributed by atoms with E-state index in [9.17, 15) is 14.4 Å². The third-order valence-corrected chi connectivity index (χ3v) is 8.44. The summed E-state index contributed by atoms with van der Waals surface area (Å²) < 4.78 is 6.03. The number of nitrogens with zero attached hydrogens (tertiary/aromatic N) is 1. The number of hydrogen-bond acceptors (Lipinski definition) is 5. The minimum Gasteiger partial charge on any atom is -0.451 e. The third kappa shape index (κ3) is 4.31. The quantitative estimate of drug-likeness (QED) is 0.442. The van der Waals surface area contributed by atoms with Crippen LogP contribution in [0.25, 0.3) is 11.0 Å². The second-order valence-electron chi connectivity index (χ2n) is 11.6. The maximum absolute atomic E-state index is 14.0. The number of carbonyl (C=O) groups is 3.